The maximum absolute atomic E-state index is 11.7. The fourth-order valence-electron chi connectivity index (χ4n) is 1.24. The number of carbonyl (C=O) groups excluding carboxylic acids is 1. The van der Waals surface area contributed by atoms with E-state index in [0.29, 0.717) is 17.8 Å². The van der Waals surface area contributed by atoms with Gasteiger partial charge in [0.1, 0.15) is 0 Å². The molecule has 1 aromatic rings. The Bertz CT molecular complexity index is 399. The third-order valence-corrected chi connectivity index (χ3v) is 2.10. The number of nitrogens with one attached hydrogen (secondary N) is 1. The molecule has 1 N–H and O–H groups in total. The number of hydrogen-bond acceptors (Lipinski definition) is 3. The van der Waals surface area contributed by atoms with Crippen LogP contribution < -0.4 is 5.32 Å². The van der Waals surface area contributed by atoms with Gasteiger partial charge in [-0.1, -0.05) is 20.8 Å². The Hall–Kier alpha value is -1.16. The molecule has 0 aromatic carbocycles. The van der Waals surface area contributed by atoms with Crippen LogP contribution in [0.2, 0.25) is 5.28 Å². The van der Waals surface area contributed by atoms with E-state index in [1.54, 1.807) is 6.92 Å². The van der Waals surface area contributed by atoms with Crippen molar-refractivity contribution >= 4 is 23.2 Å². The monoisotopic (exact) mass is 241 g/mol. The smallest absolute Gasteiger partial charge is 0.224 e. The lowest BCUT2D eigenvalue weighted by Gasteiger charge is -2.17. The number of aryl methyl sites for hydroxylation is 1. The third-order valence-electron chi connectivity index (χ3n) is 1.91. The average Bonchev–Trinajstić information content (AvgIpc) is 2.06. The minimum atomic E-state index is -0.0403. The first kappa shape index (κ1) is 12.9. The van der Waals surface area contributed by atoms with Crippen LogP contribution in [-0.4, -0.2) is 15.9 Å². The number of amides is 1. The molecule has 0 fully saturated rings. The lowest BCUT2D eigenvalue weighted by Crippen LogP contribution is -2.20. The molecule has 1 rings (SSSR count). The molecule has 0 bridgehead atoms. The molecule has 1 heterocycles. The van der Waals surface area contributed by atoms with E-state index in [2.05, 4.69) is 15.3 Å². The van der Waals surface area contributed by atoms with Crippen LogP contribution >= 0.6 is 11.6 Å². The van der Waals surface area contributed by atoms with E-state index in [0.717, 1.165) is 0 Å². The summed E-state index contributed by atoms with van der Waals surface area (Å²) in [7, 11) is 0. The quantitative estimate of drug-likeness (QED) is 0.810. The normalized spacial score (nSPS) is 11.3. The molecule has 1 aromatic heterocycles. The second-order valence-electron chi connectivity index (χ2n) is 4.92. The summed E-state index contributed by atoms with van der Waals surface area (Å²) in [6.07, 6.45) is 1.97. The SMILES string of the molecule is Cc1nc(Cl)ncc1NC(=O)CC(C)(C)C. The number of rotatable bonds is 2. The number of carbonyl (C=O) groups is 1. The molecule has 4 nitrogen and oxygen atoms in total. The molecule has 0 saturated heterocycles. The van der Waals surface area contributed by atoms with Crippen molar-refractivity contribution in [2.24, 2.45) is 5.41 Å². The Labute approximate surface area is 100 Å². The minimum absolute atomic E-state index is 0.0364. The average molecular weight is 242 g/mol. The fraction of sp³-hybridized carbons (Fsp3) is 0.545. The lowest BCUT2D eigenvalue weighted by atomic mass is 9.92. The predicted octanol–water partition coefficient (Wildman–Crippen LogP) is 2.81. The summed E-state index contributed by atoms with van der Waals surface area (Å²) in [5.74, 6) is -0.0403. The molecule has 88 valence electrons. The van der Waals surface area contributed by atoms with E-state index in [9.17, 15) is 4.79 Å². The highest BCUT2D eigenvalue weighted by molar-refractivity contribution is 6.28. The van der Waals surface area contributed by atoms with E-state index in [1.165, 1.54) is 6.20 Å². The first-order chi connectivity index (χ1) is 7.28. The highest BCUT2D eigenvalue weighted by atomic mass is 35.5. The maximum Gasteiger partial charge on any atom is 0.224 e. The van der Waals surface area contributed by atoms with Crippen molar-refractivity contribution in [3.05, 3.63) is 17.2 Å². The molecule has 0 saturated carbocycles. The van der Waals surface area contributed by atoms with Crippen molar-refractivity contribution in [1.29, 1.82) is 0 Å². The Balaban J connectivity index is 2.70. The predicted molar refractivity (Wildman–Crippen MR) is 64.5 cm³/mol. The summed E-state index contributed by atoms with van der Waals surface area (Å²) in [6, 6.07) is 0. The van der Waals surface area contributed by atoms with Crippen molar-refractivity contribution in [2.75, 3.05) is 5.32 Å². The van der Waals surface area contributed by atoms with Gasteiger partial charge in [0.15, 0.2) is 0 Å². The molecule has 0 aliphatic heterocycles. The van der Waals surface area contributed by atoms with Gasteiger partial charge in [0.2, 0.25) is 11.2 Å². The van der Waals surface area contributed by atoms with Gasteiger partial charge in [-0.3, -0.25) is 4.79 Å². The van der Waals surface area contributed by atoms with Crippen molar-refractivity contribution < 1.29 is 4.79 Å². The number of nitrogens with zero attached hydrogens (tertiary/aromatic N) is 2. The van der Waals surface area contributed by atoms with E-state index in [4.69, 9.17) is 11.6 Å². The van der Waals surface area contributed by atoms with Gasteiger partial charge in [0.05, 0.1) is 17.6 Å². The van der Waals surface area contributed by atoms with Gasteiger partial charge in [0, 0.05) is 6.42 Å². The summed E-state index contributed by atoms with van der Waals surface area (Å²) in [5, 5.41) is 2.96. The summed E-state index contributed by atoms with van der Waals surface area (Å²) in [4.78, 5) is 19.5. The first-order valence-corrected chi connectivity index (χ1v) is 5.45. The maximum atomic E-state index is 11.7. The molecule has 0 radical (unpaired) electrons. The Morgan fingerprint density at radius 3 is 2.62 bits per heavy atom. The number of hydrogen-bond donors (Lipinski definition) is 1. The molecule has 1 amide bonds. The van der Waals surface area contributed by atoms with E-state index < -0.39 is 0 Å². The zero-order valence-electron chi connectivity index (χ0n) is 9.97. The van der Waals surface area contributed by atoms with E-state index in [1.807, 2.05) is 20.8 Å². The second kappa shape index (κ2) is 4.78. The van der Waals surface area contributed by atoms with Crippen LogP contribution in [0.4, 0.5) is 5.69 Å². The molecule has 16 heavy (non-hydrogen) atoms. The van der Waals surface area contributed by atoms with Crippen LogP contribution in [0.1, 0.15) is 32.9 Å². The van der Waals surface area contributed by atoms with Gasteiger partial charge in [0.25, 0.3) is 0 Å². The molecule has 5 heteroatoms. The Morgan fingerprint density at radius 1 is 1.50 bits per heavy atom. The third kappa shape index (κ3) is 4.14. The van der Waals surface area contributed by atoms with Crippen molar-refractivity contribution in [3.63, 3.8) is 0 Å². The molecule has 0 unspecified atom stereocenters. The number of halogens is 1. The van der Waals surface area contributed by atoms with Gasteiger partial charge in [-0.25, -0.2) is 9.97 Å². The largest absolute Gasteiger partial charge is 0.323 e. The molecule has 0 atom stereocenters. The van der Waals surface area contributed by atoms with Gasteiger partial charge >= 0.3 is 0 Å². The molecule has 0 aliphatic carbocycles. The van der Waals surface area contributed by atoms with Gasteiger partial charge in [-0.05, 0) is 23.9 Å². The van der Waals surface area contributed by atoms with Crippen LogP contribution in [0.5, 0.6) is 0 Å². The van der Waals surface area contributed by atoms with E-state index >= 15 is 0 Å². The second-order valence-corrected chi connectivity index (χ2v) is 5.26. The highest BCUT2D eigenvalue weighted by Gasteiger charge is 2.16. The summed E-state index contributed by atoms with van der Waals surface area (Å²) < 4.78 is 0. The van der Waals surface area contributed by atoms with Crippen LogP contribution in [-0.2, 0) is 4.79 Å². The van der Waals surface area contributed by atoms with Crippen LogP contribution in [0.3, 0.4) is 0 Å². The number of anilines is 1. The van der Waals surface area contributed by atoms with Gasteiger partial charge in [-0.15, -0.1) is 0 Å². The Kier molecular flexibility index (Phi) is 3.86. The molecule has 0 aliphatic rings. The summed E-state index contributed by atoms with van der Waals surface area (Å²) >= 11 is 5.63. The topological polar surface area (TPSA) is 54.9 Å². The van der Waals surface area contributed by atoms with Gasteiger partial charge in [-0.2, -0.15) is 0 Å². The van der Waals surface area contributed by atoms with Gasteiger partial charge < -0.3 is 5.32 Å². The van der Waals surface area contributed by atoms with Crippen LogP contribution in [0.15, 0.2) is 6.20 Å². The summed E-state index contributed by atoms with van der Waals surface area (Å²) in [6.45, 7) is 7.81. The molecule has 0 spiro atoms. The Morgan fingerprint density at radius 2 is 2.12 bits per heavy atom. The van der Waals surface area contributed by atoms with Crippen LogP contribution in [0.25, 0.3) is 0 Å². The van der Waals surface area contributed by atoms with Crippen molar-refractivity contribution in [2.45, 2.75) is 34.1 Å². The molecular formula is C11H16ClN3O. The zero-order valence-corrected chi connectivity index (χ0v) is 10.7. The standard InChI is InChI=1S/C11H16ClN3O/c1-7-8(6-13-10(12)14-7)15-9(16)5-11(2,3)4/h6H,5H2,1-4H3,(H,15,16). The summed E-state index contributed by atoms with van der Waals surface area (Å²) in [5.41, 5.74) is 1.24. The van der Waals surface area contributed by atoms with Crippen molar-refractivity contribution in [3.8, 4) is 0 Å². The highest BCUT2D eigenvalue weighted by Crippen LogP contribution is 2.20. The first-order valence-electron chi connectivity index (χ1n) is 5.07. The minimum Gasteiger partial charge on any atom is -0.323 e. The lowest BCUT2D eigenvalue weighted by molar-refractivity contribution is -0.117. The fourth-order valence-corrected chi connectivity index (χ4v) is 1.41. The molecular weight excluding hydrogens is 226 g/mol. The number of aromatic nitrogens is 2. The van der Waals surface area contributed by atoms with Crippen LogP contribution in [0, 0.1) is 12.3 Å². The van der Waals surface area contributed by atoms with E-state index in [-0.39, 0.29) is 16.6 Å². The zero-order chi connectivity index (χ0) is 12.3. The van der Waals surface area contributed by atoms with Crippen molar-refractivity contribution in [1.82, 2.24) is 9.97 Å².